The largest absolute Gasteiger partial charge is 0.382 e. The summed E-state index contributed by atoms with van der Waals surface area (Å²) in [6, 6.07) is 6.35. The molecule has 13 heavy (non-hydrogen) atoms. The van der Waals surface area contributed by atoms with E-state index in [9.17, 15) is 4.39 Å². The Morgan fingerprint density at radius 2 is 2.08 bits per heavy atom. The van der Waals surface area contributed by atoms with Crippen LogP contribution in [0, 0.1) is 0 Å². The van der Waals surface area contributed by atoms with Gasteiger partial charge in [-0.2, -0.15) is 0 Å². The van der Waals surface area contributed by atoms with E-state index in [1.165, 1.54) is 30.4 Å². The van der Waals surface area contributed by atoms with Crippen molar-refractivity contribution in [2.75, 3.05) is 18.5 Å². The van der Waals surface area contributed by atoms with Crippen molar-refractivity contribution >= 4 is 5.69 Å². The lowest BCUT2D eigenvalue weighted by Gasteiger charge is -2.05. The van der Waals surface area contributed by atoms with Crippen LogP contribution in [0.15, 0.2) is 18.2 Å². The highest BCUT2D eigenvalue weighted by atomic mass is 19.1. The lowest BCUT2D eigenvalue weighted by molar-refractivity contribution is 0.513. The molecule has 0 amide bonds. The highest BCUT2D eigenvalue weighted by molar-refractivity contribution is 5.50. The molecule has 1 aromatic carbocycles. The standard InChI is InChI=1S/C11H14FN/c12-6-7-13-11-5-4-9-2-1-3-10(9)8-11/h4-5,8,13H,1-3,6-7H2. The summed E-state index contributed by atoms with van der Waals surface area (Å²) in [6.07, 6.45) is 3.65. The molecule has 1 nitrogen and oxygen atoms in total. The zero-order valence-corrected chi connectivity index (χ0v) is 7.65. The summed E-state index contributed by atoms with van der Waals surface area (Å²) in [5.41, 5.74) is 3.95. The van der Waals surface area contributed by atoms with Crippen molar-refractivity contribution in [2.45, 2.75) is 19.3 Å². The van der Waals surface area contributed by atoms with E-state index < -0.39 is 0 Å². The number of alkyl halides is 1. The van der Waals surface area contributed by atoms with E-state index in [4.69, 9.17) is 0 Å². The van der Waals surface area contributed by atoms with Crippen molar-refractivity contribution in [1.29, 1.82) is 0 Å². The van der Waals surface area contributed by atoms with Crippen molar-refractivity contribution in [3.05, 3.63) is 29.3 Å². The fourth-order valence-electron chi connectivity index (χ4n) is 1.87. The lowest BCUT2D eigenvalue weighted by Crippen LogP contribution is -2.03. The topological polar surface area (TPSA) is 12.0 Å². The van der Waals surface area contributed by atoms with Crippen LogP contribution in [0.5, 0.6) is 0 Å². The van der Waals surface area contributed by atoms with E-state index in [1.54, 1.807) is 0 Å². The first kappa shape index (κ1) is 8.54. The molecule has 2 rings (SSSR count). The fraction of sp³-hybridized carbons (Fsp3) is 0.455. The Morgan fingerprint density at radius 3 is 2.92 bits per heavy atom. The van der Waals surface area contributed by atoms with Gasteiger partial charge in [0, 0.05) is 12.2 Å². The average Bonchev–Trinajstić information content (AvgIpc) is 2.61. The molecule has 1 N–H and O–H groups in total. The molecule has 1 aliphatic carbocycles. The number of benzene rings is 1. The van der Waals surface area contributed by atoms with Crippen LogP contribution in [0.25, 0.3) is 0 Å². The molecule has 0 unspecified atom stereocenters. The number of fused-ring (bicyclic) bond motifs is 1. The van der Waals surface area contributed by atoms with Gasteiger partial charge in [0.25, 0.3) is 0 Å². The van der Waals surface area contributed by atoms with Gasteiger partial charge in [-0.25, -0.2) is 4.39 Å². The molecule has 0 saturated heterocycles. The Morgan fingerprint density at radius 1 is 1.23 bits per heavy atom. The maximum atomic E-state index is 11.9. The molecule has 0 saturated carbocycles. The first-order valence-corrected chi connectivity index (χ1v) is 4.82. The number of anilines is 1. The van der Waals surface area contributed by atoms with E-state index in [1.807, 2.05) is 6.07 Å². The Balaban J connectivity index is 2.12. The van der Waals surface area contributed by atoms with Gasteiger partial charge in [-0.15, -0.1) is 0 Å². The van der Waals surface area contributed by atoms with Crippen molar-refractivity contribution < 1.29 is 4.39 Å². The predicted octanol–water partition coefficient (Wildman–Crippen LogP) is 2.56. The van der Waals surface area contributed by atoms with Gasteiger partial charge < -0.3 is 5.32 Å². The van der Waals surface area contributed by atoms with Gasteiger partial charge in [0.2, 0.25) is 0 Å². The minimum absolute atomic E-state index is 0.308. The lowest BCUT2D eigenvalue weighted by atomic mass is 10.1. The number of hydrogen-bond acceptors (Lipinski definition) is 1. The number of halogens is 1. The third-order valence-corrected chi connectivity index (χ3v) is 2.52. The van der Waals surface area contributed by atoms with Crippen LogP contribution in [0.4, 0.5) is 10.1 Å². The van der Waals surface area contributed by atoms with Gasteiger partial charge >= 0.3 is 0 Å². The maximum Gasteiger partial charge on any atom is 0.107 e. The molecule has 0 radical (unpaired) electrons. The van der Waals surface area contributed by atoms with Crippen LogP contribution < -0.4 is 5.32 Å². The van der Waals surface area contributed by atoms with Gasteiger partial charge in [0.15, 0.2) is 0 Å². The smallest absolute Gasteiger partial charge is 0.107 e. The zero-order chi connectivity index (χ0) is 9.10. The number of hydrogen-bond donors (Lipinski definition) is 1. The monoisotopic (exact) mass is 179 g/mol. The van der Waals surface area contributed by atoms with E-state index in [0.29, 0.717) is 6.54 Å². The Hall–Kier alpha value is -1.05. The van der Waals surface area contributed by atoms with E-state index in [-0.39, 0.29) is 6.67 Å². The first-order chi connectivity index (χ1) is 6.40. The SMILES string of the molecule is FCCNc1ccc2c(c1)CCC2. The highest BCUT2D eigenvalue weighted by Gasteiger charge is 2.10. The van der Waals surface area contributed by atoms with Gasteiger partial charge in [0.05, 0.1) is 0 Å². The van der Waals surface area contributed by atoms with E-state index >= 15 is 0 Å². The van der Waals surface area contributed by atoms with Crippen LogP contribution in [0.3, 0.4) is 0 Å². The molecule has 0 heterocycles. The predicted molar refractivity (Wildman–Crippen MR) is 52.9 cm³/mol. The van der Waals surface area contributed by atoms with Crippen molar-refractivity contribution in [1.82, 2.24) is 0 Å². The number of rotatable bonds is 3. The average molecular weight is 179 g/mol. The van der Waals surface area contributed by atoms with Gasteiger partial charge in [-0.3, -0.25) is 0 Å². The van der Waals surface area contributed by atoms with Crippen molar-refractivity contribution in [2.24, 2.45) is 0 Å². The van der Waals surface area contributed by atoms with Crippen LogP contribution >= 0.6 is 0 Å². The van der Waals surface area contributed by atoms with E-state index in [2.05, 4.69) is 17.4 Å². The van der Waals surface area contributed by atoms with Crippen LogP contribution in [0.2, 0.25) is 0 Å². The second-order valence-electron chi connectivity index (χ2n) is 3.45. The summed E-state index contributed by atoms with van der Waals surface area (Å²) in [5, 5.41) is 3.05. The molecule has 0 aromatic heterocycles. The zero-order valence-electron chi connectivity index (χ0n) is 7.65. The number of aryl methyl sites for hydroxylation is 2. The molecular weight excluding hydrogens is 165 g/mol. The third-order valence-electron chi connectivity index (χ3n) is 2.52. The summed E-state index contributed by atoms with van der Waals surface area (Å²) in [4.78, 5) is 0. The minimum Gasteiger partial charge on any atom is -0.382 e. The molecule has 0 bridgehead atoms. The number of nitrogens with one attached hydrogen (secondary N) is 1. The Labute approximate surface area is 78.0 Å². The van der Waals surface area contributed by atoms with Crippen molar-refractivity contribution in [3.63, 3.8) is 0 Å². The molecule has 2 heteroatoms. The van der Waals surface area contributed by atoms with Gasteiger partial charge in [-0.1, -0.05) is 6.07 Å². The van der Waals surface area contributed by atoms with Gasteiger partial charge in [0.1, 0.15) is 6.67 Å². The second-order valence-corrected chi connectivity index (χ2v) is 3.45. The summed E-state index contributed by atoms with van der Waals surface area (Å²) in [5.74, 6) is 0. The van der Waals surface area contributed by atoms with Crippen LogP contribution in [0.1, 0.15) is 17.5 Å². The summed E-state index contributed by atoms with van der Waals surface area (Å²) in [6.45, 7) is 0.107. The Kier molecular flexibility index (Phi) is 2.48. The molecule has 0 atom stereocenters. The first-order valence-electron chi connectivity index (χ1n) is 4.82. The summed E-state index contributed by atoms with van der Waals surface area (Å²) in [7, 11) is 0. The molecule has 70 valence electrons. The quantitative estimate of drug-likeness (QED) is 0.752. The fourth-order valence-corrected chi connectivity index (χ4v) is 1.87. The minimum atomic E-state index is -0.308. The molecule has 0 aliphatic heterocycles. The normalized spacial score (nSPS) is 14.2. The third kappa shape index (κ3) is 1.82. The Bertz CT molecular complexity index is 296. The molecular formula is C11H14FN. The van der Waals surface area contributed by atoms with Crippen LogP contribution in [-0.2, 0) is 12.8 Å². The maximum absolute atomic E-state index is 11.9. The molecule has 1 aromatic rings. The highest BCUT2D eigenvalue weighted by Crippen LogP contribution is 2.24. The summed E-state index contributed by atoms with van der Waals surface area (Å²) < 4.78 is 11.9. The molecule has 0 spiro atoms. The molecule has 0 fully saturated rings. The van der Waals surface area contributed by atoms with Gasteiger partial charge in [-0.05, 0) is 42.5 Å². The van der Waals surface area contributed by atoms with Crippen LogP contribution in [-0.4, -0.2) is 13.2 Å². The summed E-state index contributed by atoms with van der Waals surface area (Å²) >= 11 is 0. The second kappa shape index (κ2) is 3.77. The van der Waals surface area contributed by atoms with Crippen molar-refractivity contribution in [3.8, 4) is 0 Å². The van der Waals surface area contributed by atoms with E-state index in [0.717, 1.165) is 5.69 Å². The molecule has 1 aliphatic rings.